The van der Waals surface area contributed by atoms with Crippen molar-refractivity contribution in [3.63, 3.8) is 0 Å². The molecule has 190 valence electrons. The number of ether oxygens (including phenoxy) is 2. The maximum absolute atomic E-state index is 13.3. The number of imidazole rings is 1. The first kappa shape index (κ1) is 26.3. The van der Waals surface area contributed by atoms with Gasteiger partial charge in [0.15, 0.2) is 0 Å². The Kier molecular flexibility index (Phi) is 8.50. The van der Waals surface area contributed by atoms with E-state index in [-0.39, 0.29) is 6.61 Å². The minimum Gasteiger partial charge on any atom is -0.468 e. The molecule has 8 heteroatoms. The van der Waals surface area contributed by atoms with Crippen LogP contribution in [-0.4, -0.2) is 40.9 Å². The molecular weight excluding hydrogens is 534 g/mol. The number of rotatable bonds is 8. The zero-order valence-electron chi connectivity index (χ0n) is 20.9. The molecule has 0 bridgehead atoms. The summed E-state index contributed by atoms with van der Waals surface area (Å²) in [5.41, 5.74) is 4.45. The first-order valence-electron chi connectivity index (χ1n) is 11.8. The molecule has 1 aliphatic rings. The first-order valence-corrected chi connectivity index (χ1v) is 12.6. The monoisotopic (exact) mass is 561 g/mol. The number of hydrogen-bond acceptors (Lipinski definition) is 6. The summed E-state index contributed by atoms with van der Waals surface area (Å²) in [5.74, 6) is -2.24. The Morgan fingerprint density at radius 2 is 1.92 bits per heavy atom. The molecule has 2 atom stereocenters. The molecule has 0 spiro atoms. The van der Waals surface area contributed by atoms with E-state index in [4.69, 9.17) is 9.47 Å². The van der Waals surface area contributed by atoms with Crippen molar-refractivity contribution in [2.75, 3.05) is 13.7 Å². The number of carbonyl (C=O) groups is 2. The Morgan fingerprint density at radius 1 is 1.14 bits per heavy atom. The van der Waals surface area contributed by atoms with Crippen LogP contribution in [-0.2, 0) is 25.6 Å². The summed E-state index contributed by atoms with van der Waals surface area (Å²) in [6.07, 6.45) is 9.16. The van der Waals surface area contributed by atoms with Crippen molar-refractivity contribution in [2.45, 2.75) is 26.3 Å². The van der Waals surface area contributed by atoms with Crippen molar-refractivity contribution in [2.24, 2.45) is 10.9 Å². The van der Waals surface area contributed by atoms with Crippen LogP contribution in [0.5, 0.6) is 0 Å². The van der Waals surface area contributed by atoms with Crippen LogP contribution < -0.4 is 0 Å². The number of aromatic nitrogens is 2. The van der Waals surface area contributed by atoms with Crippen LogP contribution in [0.15, 0.2) is 94.1 Å². The van der Waals surface area contributed by atoms with Gasteiger partial charge in [0, 0.05) is 40.7 Å². The second-order valence-corrected chi connectivity index (χ2v) is 9.68. The average molecular weight is 562 g/mol. The van der Waals surface area contributed by atoms with Crippen molar-refractivity contribution in [1.29, 1.82) is 0 Å². The van der Waals surface area contributed by atoms with Gasteiger partial charge in [0.2, 0.25) is 0 Å². The second-order valence-electron chi connectivity index (χ2n) is 8.76. The summed E-state index contributed by atoms with van der Waals surface area (Å²) in [7, 11) is 1.34. The summed E-state index contributed by atoms with van der Waals surface area (Å²) in [4.78, 5) is 34.6. The molecule has 2 aromatic carbocycles. The zero-order valence-corrected chi connectivity index (χ0v) is 22.5. The van der Waals surface area contributed by atoms with Gasteiger partial charge in [0.25, 0.3) is 0 Å². The number of allylic oxidation sites excluding steroid dienone is 1. The maximum Gasteiger partial charge on any atom is 0.336 e. The molecular formula is C29H28BrN3O4. The predicted molar refractivity (Wildman–Crippen MR) is 146 cm³/mol. The number of esters is 2. The highest BCUT2D eigenvalue weighted by Gasteiger charge is 2.42. The van der Waals surface area contributed by atoms with Crippen LogP contribution in [0.1, 0.15) is 36.5 Å². The number of methoxy groups -OCH3 is 1. The van der Waals surface area contributed by atoms with E-state index >= 15 is 0 Å². The van der Waals surface area contributed by atoms with Crippen LogP contribution in [0.2, 0.25) is 0 Å². The lowest BCUT2D eigenvalue weighted by Gasteiger charge is -2.31. The zero-order chi connectivity index (χ0) is 26.4. The largest absolute Gasteiger partial charge is 0.468 e. The molecule has 0 amide bonds. The van der Waals surface area contributed by atoms with Gasteiger partial charge in [-0.1, -0.05) is 58.4 Å². The smallest absolute Gasteiger partial charge is 0.336 e. The molecule has 2 heterocycles. The van der Waals surface area contributed by atoms with Gasteiger partial charge in [0.05, 0.1) is 19.0 Å². The molecule has 37 heavy (non-hydrogen) atoms. The Morgan fingerprint density at radius 3 is 2.59 bits per heavy atom. The van der Waals surface area contributed by atoms with Crippen LogP contribution in [0.4, 0.5) is 0 Å². The number of aliphatic imine (C=N–C) groups is 1. The van der Waals surface area contributed by atoms with E-state index in [2.05, 4.69) is 38.0 Å². The maximum atomic E-state index is 13.3. The van der Waals surface area contributed by atoms with Crippen molar-refractivity contribution in [3.05, 3.63) is 106 Å². The lowest BCUT2D eigenvalue weighted by atomic mass is 9.75. The molecule has 1 aromatic heterocycles. The van der Waals surface area contributed by atoms with Crippen molar-refractivity contribution >= 4 is 39.7 Å². The van der Waals surface area contributed by atoms with Crippen LogP contribution in [0.25, 0.3) is 6.08 Å². The van der Waals surface area contributed by atoms with Gasteiger partial charge in [-0.25, -0.2) is 9.78 Å². The lowest BCUT2D eigenvalue weighted by Crippen LogP contribution is -2.36. The molecule has 2 unspecified atom stereocenters. The molecule has 4 rings (SSSR count). The first-order chi connectivity index (χ1) is 17.9. The van der Waals surface area contributed by atoms with Gasteiger partial charge in [-0.15, -0.1) is 0 Å². The van der Waals surface area contributed by atoms with E-state index in [0.717, 1.165) is 27.7 Å². The number of halogens is 1. The van der Waals surface area contributed by atoms with Gasteiger partial charge in [0.1, 0.15) is 12.5 Å². The lowest BCUT2D eigenvalue weighted by molar-refractivity contribution is -0.143. The molecule has 0 fully saturated rings. The highest BCUT2D eigenvalue weighted by atomic mass is 79.9. The molecule has 0 radical (unpaired) electrons. The van der Waals surface area contributed by atoms with Crippen molar-refractivity contribution < 1.29 is 19.1 Å². The Hall–Kier alpha value is -3.78. The predicted octanol–water partition coefficient (Wildman–Crippen LogP) is 5.57. The number of hydrogen-bond donors (Lipinski definition) is 0. The fourth-order valence-electron chi connectivity index (χ4n) is 4.51. The molecule has 0 saturated heterocycles. The van der Waals surface area contributed by atoms with Crippen molar-refractivity contribution in [1.82, 2.24) is 9.55 Å². The number of benzene rings is 2. The minimum absolute atomic E-state index is 0.0865. The third kappa shape index (κ3) is 6.32. The molecule has 0 saturated carbocycles. The Labute approximate surface area is 224 Å². The topological polar surface area (TPSA) is 82.8 Å². The van der Waals surface area contributed by atoms with E-state index in [1.54, 1.807) is 32.4 Å². The molecule has 1 aliphatic heterocycles. The van der Waals surface area contributed by atoms with Gasteiger partial charge in [-0.3, -0.25) is 9.79 Å². The van der Waals surface area contributed by atoms with E-state index in [0.29, 0.717) is 17.0 Å². The summed E-state index contributed by atoms with van der Waals surface area (Å²) >= 11 is 3.49. The summed E-state index contributed by atoms with van der Waals surface area (Å²) in [5, 5.41) is 0. The van der Waals surface area contributed by atoms with E-state index in [9.17, 15) is 9.59 Å². The standard InChI is InChI=1S/C29H28BrN3O4/c1-19-25(28(34)36-3)27(23-7-4-8-24(30)16-23)26(20(2)32-19)29(35)37-15-5-6-21-9-11-22(12-10-21)17-33-14-13-31-18-33/h4-14,16,18,25,27H,15,17H2,1-3H3. The summed E-state index contributed by atoms with van der Waals surface area (Å²) in [6, 6.07) is 15.7. The van der Waals surface area contributed by atoms with Crippen molar-refractivity contribution in [3.8, 4) is 0 Å². The van der Waals surface area contributed by atoms with Gasteiger partial charge in [-0.05, 0) is 48.7 Å². The van der Waals surface area contributed by atoms with Gasteiger partial charge in [-0.2, -0.15) is 0 Å². The highest BCUT2D eigenvalue weighted by molar-refractivity contribution is 9.10. The van der Waals surface area contributed by atoms with Gasteiger partial charge >= 0.3 is 11.9 Å². The minimum atomic E-state index is -0.720. The van der Waals surface area contributed by atoms with Crippen LogP contribution >= 0.6 is 15.9 Å². The number of nitrogens with zero attached hydrogens (tertiary/aromatic N) is 3. The molecule has 0 N–H and O–H groups in total. The number of carbonyl (C=O) groups excluding carboxylic acids is 2. The van der Waals surface area contributed by atoms with Gasteiger partial charge < -0.3 is 14.0 Å². The second kappa shape index (κ2) is 12.0. The Balaban J connectivity index is 1.48. The average Bonchev–Trinajstić information content (AvgIpc) is 3.39. The Bertz CT molecular complexity index is 1360. The highest BCUT2D eigenvalue weighted by Crippen LogP contribution is 2.40. The summed E-state index contributed by atoms with van der Waals surface area (Å²) in [6.45, 7) is 4.38. The molecule has 0 aliphatic carbocycles. The van der Waals surface area contributed by atoms with E-state index in [1.165, 1.54) is 7.11 Å². The van der Waals surface area contributed by atoms with Crippen LogP contribution in [0.3, 0.4) is 0 Å². The third-order valence-electron chi connectivity index (χ3n) is 6.24. The fourth-order valence-corrected chi connectivity index (χ4v) is 4.92. The summed E-state index contributed by atoms with van der Waals surface area (Å²) < 4.78 is 13.5. The van der Waals surface area contributed by atoms with E-state index in [1.807, 2.05) is 53.2 Å². The fraction of sp³-hybridized carbons (Fsp3) is 0.241. The molecule has 7 nitrogen and oxygen atoms in total. The van der Waals surface area contributed by atoms with E-state index < -0.39 is 23.8 Å². The van der Waals surface area contributed by atoms with Crippen LogP contribution in [0, 0.1) is 5.92 Å². The SMILES string of the molecule is COC(=O)C1C(C)=NC(C)=C(C(=O)OCC=Cc2ccc(Cn3ccnc3)cc2)C1c1cccc(Br)c1. The quantitative estimate of drug-likeness (QED) is 0.335. The normalized spacial score (nSPS) is 17.6. The molecule has 3 aromatic rings. The third-order valence-corrected chi connectivity index (χ3v) is 6.73.